The zero-order chi connectivity index (χ0) is 13.9. The smallest absolute Gasteiger partial charge is 0.253 e. The maximum atomic E-state index is 12.4. The van der Waals surface area contributed by atoms with Crippen LogP contribution in [0, 0.1) is 0 Å². The Kier molecular flexibility index (Phi) is 3.42. The van der Waals surface area contributed by atoms with Crippen molar-refractivity contribution in [3.8, 4) is 5.69 Å². The van der Waals surface area contributed by atoms with Crippen LogP contribution >= 0.6 is 0 Å². The van der Waals surface area contributed by atoms with E-state index in [9.17, 15) is 4.79 Å². The fourth-order valence-electron chi connectivity index (χ4n) is 2.34. The quantitative estimate of drug-likeness (QED) is 0.839. The minimum absolute atomic E-state index is 0.0709. The lowest BCUT2D eigenvalue weighted by atomic mass is 10.1. The molecule has 1 aromatic carbocycles. The highest BCUT2D eigenvalue weighted by Crippen LogP contribution is 2.11. The molecule has 1 atom stereocenters. The van der Waals surface area contributed by atoms with Crippen LogP contribution < -0.4 is 5.32 Å². The third kappa shape index (κ3) is 2.53. The first kappa shape index (κ1) is 12.7. The molecule has 3 rings (SSSR count). The van der Waals surface area contributed by atoms with E-state index in [4.69, 9.17) is 0 Å². The highest BCUT2D eigenvalue weighted by atomic mass is 16.2. The third-order valence-electron chi connectivity index (χ3n) is 3.38. The lowest BCUT2D eigenvalue weighted by molar-refractivity contribution is 0.0709. The Balaban J connectivity index is 1.75. The Bertz CT molecular complexity index is 579. The van der Waals surface area contributed by atoms with Crippen molar-refractivity contribution in [3.05, 3.63) is 36.2 Å². The van der Waals surface area contributed by atoms with Crippen molar-refractivity contribution in [3.63, 3.8) is 0 Å². The van der Waals surface area contributed by atoms with Gasteiger partial charge in [-0.15, -0.1) is 5.10 Å². The average Bonchev–Trinajstić information content (AvgIpc) is 3.01. The van der Waals surface area contributed by atoms with Crippen LogP contribution in [0.2, 0.25) is 0 Å². The predicted molar refractivity (Wildman–Crippen MR) is 72.5 cm³/mol. The van der Waals surface area contributed by atoms with Gasteiger partial charge in [-0.25, -0.2) is 4.68 Å². The Morgan fingerprint density at radius 3 is 2.80 bits per heavy atom. The Hall–Kier alpha value is -2.28. The number of amides is 1. The van der Waals surface area contributed by atoms with E-state index in [2.05, 4.69) is 27.8 Å². The number of carbonyl (C=O) groups is 1. The molecule has 1 aliphatic rings. The normalized spacial score (nSPS) is 19.1. The molecule has 7 nitrogen and oxygen atoms in total. The Morgan fingerprint density at radius 2 is 2.15 bits per heavy atom. The van der Waals surface area contributed by atoms with Gasteiger partial charge in [0.25, 0.3) is 5.91 Å². The van der Waals surface area contributed by atoms with Gasteiger partial charge in [-0.3, -0.25) is 4.79 Å². The molecule has 0 unspecified atom stereocenters. The van der Waals surface area contributed by atoms with Gasteiger partial charge in [0.15, 0.2) is 0 Å². The molecule has 0 aliphatic carbocycles. The van der Waals surface area contributed by atoms with Crippen molar-refractivity contribution in [1.29, 1.82) is 0 Å². The first-order chi connectivity index (χ1) is 9.74. The maximum Gasteiger partial charge on any atom is 0.253 e. The maximum absolute atomic E-state index is 12.4. The highest BCUT2D eigenvalue weighted by Gasteiger charge is 2.21. The Labute approximate surface area is 116 Å². The molecule has 1 aliphatic heterocycles. The van der Waals surface area contributed by atoms with Gasteiger partial charge >= 0.3 is 0 Å². The van der Waals surface area contributed by atoms with E-state index in [1.807, 2.05) is 29.2 Å². The molecule has 1 aromatic heterocycles. The fourth-order valence-corrected chi connectivity index (χ4v) is 2.34. The molecule has 1 saturated heterocycles. The second-order valence-corrected chi connectivity index (χ2v) is 4.91. The molecule has 20 heavy (non-hydrogen) atoms. The first-order valence-corrected chi connectivity index (χ1v) is 6.60. The molecular weight excluding hydrogens is 256 g/mol. The molecule has 1 N–H and O–H groups in total. The number of aromatic nitrogens is 4. The van der Waals surface area contributed by atoms with Crippen molar-refractivity contribution >= 4 is 5.91 Å². The lowest BCUT2D eigenvalue weighted by Crippen LogP contribution is -2.51. The zero-order valence-electron chi connectivity index (χ0n) is 11.2. The van der Waals surface area contributed by atoms with Gasteiger partial charge in [-0.05, 0) is 41.6 Å². The van der Waals surface area contributed by atoms with Gasteiger partial charge < -0.3 is 10.2 Å². The minimum Gasteiger partial charge on any atom is -0.336 e. The van der Waals surface area contributed by atoms with Crippen molar-refractivity contribution < 1.29 is 4.79 Å². The van der Waals surface area contributed by atoms with E-state index in [1.54, 1.807) is 4.68 Å². The van der Waals surface area contributed by atoms with Crippen LogP contribution in [0.25, 0.3) is 5.69 Å². The van der Waals surface area contributed by atoms with E-state index in [0.717, 1.165) is 25.3 Å². The number of nitrogens with zero attached hydrogens (tertiary/aromatic N) is 5. The van der Waals surface area contributed by atoms with Crippen LogP contribution in [0.4, 0.5) is 0 Å². The van der Waals surface area contributed by atoms with Crippen LogP contribution in [0.3, 0.4) is 0 Å². The second-order valence-electron chi connectivity index (χ2n) is 4.91. The molecule has 7 heteroatoms. The number of benzene rings is 1. The van der Waals surface area contributed by atoms with Crippen molar-refractivity contribution in [1.82, 2.24) is 30.4 Å². The van der Waals surface area contributed by atoms with Gasteiger partial charge in [0.2, 0.25) is 0 Å². The summed E-state index contributed by atoms with van der Waals surface area (Å²) >= 11 is 0. The molecule has 0 radical (unpaired) electrons. The van der Waals surface area contributed by atoms with E-state index >= 15 is 0 Å². The SMILES string of the molecule is C[C@@H]1CN(C(=O)c2ccc(-n3cnnn3)cc2)CCN1. The summed E-state index contributed by atoms with van der Waals surface area (Å²) in [4.78, 5) is 14.3. The van der Waals surface area contributed by atoms with E-state index in [1.165, 1.54) is 6.33 Å². The topological polar surface area (TPSA) is 75.9 Å². The number of hydrogen-bond donors (Lipinski definition) is 1. The summed E-state index contributed by atoms with van der Waals surface area (Å²) < 4.78 is 1.56. The summed E-state index contributed by atoms with van der Waals surface area (Å²) in [6.45, 7) is 4.42. The number of nitrogens with one attached hydrogen (secondary N) is 1. The monoisotopic (exact) mass is 272 g/mol. The number of piperazine rings is 1. The Morgan fingerprint density at radius 1 is 1.35 bits per heavy atom. The standard InChI is InChI=1S/C13H16N6O/c1-10-8-18(7-6-14-10)13(20)11-2-4-12(5-3-11)19-9-15-16-17-19/h2-5,9-10,14H,6-8H2,1H3/t10-/m1/s1. The summed E-state index contributed by atoms with van der Waals surface area (Å²) in [6, 6.07) is 7.65. The van der Waals surface area contributed by atoms with Gasteiger partial charge in [-0.2, -0.15) is 0 Å². The van der Waals surface area contributed by atoms with E-state index < -0.39 is 0 Å². The van der Waals surface area contributed by atoms with Crippen LogP contribution in [-0.2, 0) is 0 Å². The van der Waals surface area contributed by atoms with E-state index in [0.29, 0.717) is 11.6 Å². The van der Waals surface area contributed by atoms with Gasteiger partial charge in [0.1, 0.15) is 6.33 Å². The largest absolute Gasteiger partial charge is 0.336 e. The van der Waals surface area contributed by atoms with Gasteiger partial charge in [-0.1, -0.05) is 0 Å². The molecule has 2 aromatic rings. The molecular formula is C13H16N6O. The van der Waals surface area contributed by atoms with Crippen molar-refractivity contribution in [2.24, 2.45) is 0 Å². The molecule has 0 bridgehead atoms. The number of tetrazole rings is 1. The molecule has 0 saturated carbocycles. The second kappa shape index (κ2) is 5.38. The van der Waals surface area contributed by atoms with Gasteiger partial charge in [0.05, 0.1) is 5.69 Å². The van der Waals surface area contributed by atoms with Crippen LogP contribution in [0.1, 0.15) is 17.3 Å². The predicted octanol–water partition coefficient (Wildman–Crippen LogP) is 0.0962. The molecule has 0 spiro atoms. The molecule has 1 amide bonds. The third-order valence-corrected chi connectivity index (χ3v) is 3.38. The average molecular weight is 272 g/mol. The zero-order valence-corrected chi connectivity index (χ0v) is 11.2. The molecule has 1 fully saturated rings. The summed E-state index contributed by atoms with van der Waals surface area (Å²) in [7, 11) is 0. The summed E-state index contributed by atoms with van der Waals surface area (Å²) in [5.41, 5.74) is 1.52. The summed E-state index contributed by atoms with van der Waals surface area (Å²) in [5.74, 6) is 0.0709. The lowest BCUT2D eigenvalue weighted by Gasteiger charge is -2.32. The summed E-state index contributed by atoms with van der Waals surface area (Å²) in [5, 5.41) is 14.3. The fraction of sp³-hybridized carbons (Fsp3) is 0.385. The van der Waals surface area contributed by atoms with Crippen molar-refractivity contribution in [2.45, 2.75) is 13.0 Å². The molecule has 2 heterocycles. The number of hydrogen-bond acceptors (Lipinski definition) is 5. The van der Waals surface area contributed by atoms with E-state index in [-0.39, 0.29) is 5.91 Å². The first-order valence-electron chi connectivity index (χ1n) is 6.60. The minimum atomic E-state index is 0.0709. The summed E-state index contributed by atoms with van der Waals surface area (Å²) in [6.07, 6.45) is 1.52. The van der Waals surface area contributed by atoms with Crippen molar-refractivity contribution in [2.75, 3.05) is 19.6 Å². The van der Waals surface area contributed by atoms with Crippen LogP contribution in [0.15, 0.2) is 30.6 Å². The number of rotatable bonds is 2. The highest BCUT2D eigenvalue weighted by molar-refractivity contribution is 5.94. The van der Waals surface area contributed by atoms with Crippen LogP contribution in [-0.4, -0.2) is 56.7 Å². The number of carbonyl (C=O) groups excluding carboxylic acids is 1. The van der Waals surface area contributed by atoms with Crippen LogP contribution in [0.5, 0.6) is 0 Å². The van der Waals surface area contributed by atoms with Gasteiger partial charge in [0, 0.05) is 31.2 Å². The molecule has 104 valence electrons.